The Labute approximate surface area is 109 Å². The quantitative estimate of drug-likeness (QED) is 0.675. The van der Waals surface area contributed by atoms with Gasteiger partial charge in [0.2, 0.25) is 0 Å². The Kier molecular flexibility index (Phi) is 14.4. The monoisotopic (exact) mass is 244 g/mol. The predicted molar refractivity (Wildman–Crippen MR) is 78.7 cm³/mol. The van der Waals surface area contributed by atoms with Crippen LogP contribution in [0, 0.1) is 0 Å². The van der Waals surface area contributed by atoms with Gasteiger partial charge in [0.1, 0.15) is 11.5 Å². The van der Waals surface area contributed by atoms with Gasteiger partial charge in [-0.05, 0) is 24.3 Å². The van der Waals surface area contributed by atoms with Crippen molar-refractivity contribution in [1.29, 1.82) is 0 Å². The van der Waals surface area contributed by atoms with Crippen LogP contribution in [0.1, 0.15) is 0 Å². The zero-order chi connectivity index (χ0) is 14.2. The molecule has 0 bridgehead atoms. The fraction of sp³-hybridized carbons (Fsp3) is 0. The largest absolute Gasteiger partial charge is 0.508 e. The van der Waals surface area contributed by atoms with E-state index in [4.69, 9.17) is 10.2 Å². The Morgan fingerprint density at radius 3 is 0.833 bits per heavy atom. The second-order valence-corrected chi connectivity index (χ2v) is 2.67. The number of phenolic OH excluding ortho intramolecular Hbond substituents is 2. The standard InChI is InChI=1S/2C6H6O.2C2H4/c2*7-6-4-2-1-3-5-6;2*1-2/h2*1-5,7H;2*1-2H2. The van der Waals surface area contributed by atoms with Crippen molar-refractivity contribution in [3.63, 3.8) is 0 Å². The first kappa shape index (κ1) is 17.9. The van der Waals surface area contributed by atoms with E-state index in [2.05, 4.69) is 26.3 Å². The first-order valence-electron chi connectivity index (χ1n) is 5.27. The van der Waals surface area contributed by atoms with Crippen molar-refractivity contribution in [1.82, 2.24) is 0 Å². The Hall–Kier alpha value is -2.48. The minimum absolute atomic E-state index is 0.322. The highest BCUT2D eigenvalue weighted by Crippen LogP contribution is 2.03. The van der Waals surface area contributed by atoms with Gasteiger partial charge in [-0.2, -0.15) is 0 Å². The van der Waals surface area contributed by atoms with E-state index in [1.54, 1.807) is 48.5 Å². The van der Waals surface area contributed by atoms with Gasteiger partial charge in [-0.1, -0.05) is 36.4 Å². The topological polar surface area (TPSA) is 40.5 Å². The number of aromatic hydroxyl groups is 2. The molecule has 0 aromatic heterocycles. The molecule has 0 atom stereocenters. The summed E-state index contributed by atoms with van der Waals surface area (Å²) in [6, 6.07) is 17.4. The summed E-state index contributed by atoms with van der Waals surface area (Å²) in [6.45, 7) is 12.0. The summed E-state index contributed by atoms with van der Waals surface area (Å²) in [4.78, 5) is 0. The van der Waals surface area contributed by atoms with Gasteiger partial charge in [0, 0.05) is 0 Å². The summed E-state index contributed by atoms with van der Waals surface area (Å²) in [5.41, 5.74) is 0. The summed E-state index contributed by atoms with van der Waals surface area (Å²) in [5.74, 6) is 0.644. The summed E-state index contributed by atoms with van der Waals surface area (Å²) >= 11 is 0. The fourth-order valence-electron chi connectivity index (χ4n) is 0.856. The highest BCUT2D eigenvalue weighted by atomic mass is 16.3. The van der Waals surface area contributed by atoms with Gasteiger partial charge in [-0.15, -0.1) is 26.3 Å². The van der Waals surface area contributed by atoms with Gasteiger partial charge < -0.3 is 10.2 Å². The van der Waals surface area contributed by atoms with Crippen molar-refractivity contribution >= 4 is 0 Å². The van der Waals surface area contributed by atoms with Gasteiger partial charge in [0.25, 0.3) is 0 Å². The number of hydrogen-bond acceptors (Lipinski definition) is 2. The Bertz CT molecular complexity index is 331. The lowest BCUT2D eigenvalue weighted by Crippen LogP contribution is -1.56. The molecule has 0 saturated heterocycles. The maximum absolute atomic E-state index is 8.63. The molecule has 2 rings (SSSR count). The van der Waals surface area contributed by atoms with E-state index in [0.717, 1.165) is 0 Å². The van der Waals surface area contributed by atoms with Crippen LogP contribution in [0.25, 0.3) is 0 Å². The molecule has 2 N–H and O–H groups in total. The van der Waals surface area contributed by atoms with Gasteiger partial charge in [0.15, 0.2) is 0 Å². The normalized spacial score (nSPS) is 7.11. The molecular formula is C16H20O2. The van der Waals surface area contributed by atoms with Crippen LogP contribution in [-0.4, -0.2) is 10.2 Å². The highest BCUT2D eigenvalue weighted by Gasteiger charge is 1.75. The van der Waals surface area contributed by atoms with Crippen LogP contribution in [0.5, 0.6) is 11.5 Å². The van der Waals surface area contributed by atoms with Crippen molar-refractivity contribution in [3.05, 3.63) is 87.0 Å². The predicted octanol–water partition coefficient (Wildman–Crippen LogP) is 4.39. The molecule has 2 heteroatoms. The lowest BCUT2D eigenvalue weighted by atomic mass is 10.3. The Morgan fingerprint density at radius 2 is 0.722 bits per heavy atom. The van der Waals surface area contributed by atoms with E-state index < -0.39 is 0 Å². The molecule has 18 heavy (non-hydrogen) atoms. The molecule has 0 unspecified atom stereocenters. The SMILES string of the molecule is C=C.C=C.Oc1ccccc1.Oc1ccccc1. The minimum atomic E-state index is 0.322. The molecule has 2 aromatic rings. The molecule has 2 aromatic carbocycles. The minimum Gasteiger partial charge on any atom is -0.508 e. The van der Waals surface area contributed by atoms with E-state index in [9.17, 15) is 0 Å². The van der Waals surface area contributed by atoms with Gasteiger partial charge in [-0.3, -0.25) is 0 Å². The molecule has 0 radical (unpaired) electrons. The van der Waals surface area contributed by atoms with E-state index in [1.165, 1.54) is 0 Å². The molecule has 0 amide bonds. The maximum Gasteiger partial charge on any atom is 0.115 e. The average molecular weight is 244 g/mol. The molecule has 0 fully saturated rings. The van der Waals surface area contributed by atoms with Gasteiger partial charge in [-0.25, -0.2) is 0 Å². The number of para-hydroxylation sites is 2. The van der Waals surface area contributed by atoms with Crippen molar-refractivity contribution in [2.75, 3.05) is 0 Å². The lowest BCUT2D eigenvalue weighted by molar-refractivity contribution is 0.475. The summed E-state index contributed by atoms with van der Waals surface area (Å²) in [6.07, 6.45) is 0. The zero-order valence-electron chi connectivity index (χ0n) is 10.5. The number of rotatable bonds is 0. The number of phenols is 2. The smallest absolute Gasteiger partial charge is 0.115 e. The van der Waals surface area contributed by atoms with Crippen LogP contribution < -0.4 is 0 Å². The second-order valence-electron chi connectivity index (χ2n) is 2.67. The second kappa shape index (κ2) is 14.5. The van der Waals surface area contributed by atoms with E-state index in [1.807, 2.05) is 12.1 Å². The molecule has 0 saturated carbocycles. The fourth-order valence-corrected chi connectivity index (χ4v) is 0.856. The Morgan fingerprint density at radius 1 is 0.500 bits per heavy atom. The third-order valence-corrected chi connectivity index (χ3v) is 1.51. The van der Waals surface area contributed by atoms with E-state index in [-0.39, 0.29) is 0 Å². The summed E-state index contributed by atoms with van der Waals surface area (Å²) in [7, 11) is 0. The van der Waals surface area contributed by atoms with Crippen LogP contribution in [0.15, 0.2) is 87.0 Å². The van der Waals surface area contributed by atoms with Crippen LogP contribution in [0.3, 0.4) is 0 Å². The third kappa shape index (κ3) is 11.6. The molecule has 0 aliphatic carbocycles. The zero-order valence-corrected chi connectivity index (χ0v) is 10.5. The summed E-state index contributed by atoms with van der Waals surface area (Å²) in [5, 5.41) is 17.3. The molecule has 2 nitrogen and oxygen atoms in total. The Balaban J connectivity index is 0. The molecule has 0 aliphatic heterocycles. The van der Waals surface area contributed by atoms with Gasteiger partial charge in [0.05, 0.1) is 0 Å². The molecule has 0 aliphatic rings. The van der Waals surface area contributed by atoms with Crippen LogP contribution in [0.2, 0.25) is 0 Å². The molecule has 0 heterocycles. The van der Waals surface area contributed by atoms with Gasteiger partial charge >= 0.3 is 0 Å². The maximum atomic E-state index is 8.63. The molecule has 0 spiro atoms. The molecule has 96 valence electrons. The first-order chi connectivity index (χ1) is 8.79. The molecular weight excluding hydrogens is 224 g/mol. The van der Waals surface area contributed by atoms with Crippen LogP contribution in [0.4, 0.5) is 0 Å². The summed E-state index contributed by atoms with van der Waals surface area (Å²) < 4.78 is 0. The van der Waals surface area contributed by atoms with E-state index in [0.29, 0.717) is 11.5 Å². The van der Waals surface area contributed by atoms with E-state index >= 15 is 0 Å². The lowest BCUT2D eigenvalue weighted by Gasteiger charge is -1.82. The van der Waals surface area contributed by atoms with Crippen molar-refractivity contribution in [2.24, 2.45) is 0 Å². The van der Waals surface area contributed by atoms with Crippen LogP contribution >= 0.6 is 0 Å². The van der Waals surface area contributed by atoms with Crippen molar-refractivity contribution in [3.8, 4) is 11.5 Å². The van der Waals surface area contributed by atoms with Crippen LogP contribution in [-0.2, 0) is 0 Å². The number of hydrogen-bond donors (Lipinski definition) is 2. The first-order valence-corrected chi connectivity index (χ1v) is 5.27. The van der Waals surface area contributed by atoms with Crippen molar-refractivity contribution in [2.45, 2.75) is 0 Å². The average Bonchev–Trinajstić information content (AvgIpc) is 2.46. The van der Waals surface area contributed by atoms with Crippen molar-refractivity contribution < 1.29 is 10.2 Å². The third-order valence-electron chi connectivity index (χ3n) is 1.51. The number of benzene rings is 2. The highest BCUT2D eigenvalue weighted by molar-refractivity contribution is 5.19.